The third-order valence-electron chi connectivity index (χ3n) is 5.70. The third-order valence-corrected chi connectivity index (χ3v) is 6.68. The van der Waals surface area contributed by atoms with Gasteiger partial charge in [-0.2, -0.15) is 0 Å². The first kappa shape index (κ1) is 21.4. The summed E-state index contributed by atoms with van der Waals surface area (Å²) in [4.78, 5) is 32.1. The van der Waals surface area contributed by atoms with Crippen molar-refractivity contribution in [1.29, 1.82) is 0 Å². The SMILES string of the molecule is CC1CCCCN1C(=O)Cn1c(SCC(=O)NCc2ccccc2)nc2ccccc21. The Balaban J connectivity index is 1.44. The average Bonchev–Trinajstić information content (AvgIpc) is 3.14. The average molecular weight is 437 g/mol. The number of hydrogen-bond acceptors (Lipinski definition) is 4. The van der Waals surface area contributed by atoms with Crippen LogP contribution in [-0.2, 0) is 22.7 Å². The first-order valence-electron chi connectivity index (χ1n) is 10.8. The standard InChI is InChI=1S/C24H28N4O2S/c1-18-9-7-8-14-27(18)23(30)16-28-21-13-6-5-12-20(21)26-24(28)31-17-22(29)25-15-19-10-3-2-4-11-19/h2-6,10-13,18H,7-9,14-17H2,1H3,(H,25,29). The van der Waals surface area contributed by atoms with Crippen molar-refractivity contribution < 1.29 is 9.59 Å². The summed E-state index contributed by atoms with van der Waals surface area (Å²) < 4.78 is 1.95. The van der Waals surface area contributed by atoms with Crippen LogP contribution in [-0.4, -0.2) is 44.6 Å². The summed E-state index contributed by atoms with van der Waals surface area (Å²) in [5, 5.41) is 3.65. The molecule has 162 valence electrons. The molecule has 0 bridgehead atoms. The molecule has 1 aromatic heterocycles. The second-order valence-electron chi connectivity index (χ2n) is 7.95. The molecule has 1 fully saturated rings. The number of rotatable bonds is 7. The molecule has 2 aromatic carbocycles. The van der Waals surface area contributed by atoms with Crippen LogP contribution >= 0.6 is 11.8 Å². The molecule has 6 nitrogen and oxygen atoms in total. The highest BCUT2D eigenvalue weighted by Gasteiger charge is 2.25. The fraction of sp³-hybridized carbons (Fsp3) is 0.375. The maximum Gasteiger partial charge on any atom is 0.242 e. The number of carbonyl (C=O) groups excluding carboxylic acids is 2. The Morgan fingerprint density at radius 2 is 1.87 bits per heavy atom. The lowest BCUT2D eigenvalue weighted by Gasteiger charge is -2.33. The Kier molecular flexibility index (Phi) is 6.92. The molecule has 0 spiro atoms. The lowest BCUT2D eigenvalue weighted by Crippen LogP contribution is -2.43. The number of benzene rings is 2. The molecular formula is C24H28N4O2S. The van der Waals surface area contributed by atoms with Gasteiger partial charge in [0.25, 0.3) is 0 Å². The van der Waals surface area contributed by atoms with Crippen LogP contribution in [0.25, 0.3) is 11.0 Å². The molecule has 31 heavy (non-hydrogen) atoms. The summed E-state index contributed by atoms with van der Waals surface area (Å²) in [5.74, 6) is 0.318. The number of likely N-dealkylation sites (tertiary alicyclic amines) is 1. The maximum absolute atomic E-state index is 13.1. The molecule has 2 heterocycles. The molecule has 0 radical (unpaired) electrons. The van der Waals surface area contributed by atoms with Crippen LogP contribution in [0.15, 0.2) is 59.8 Å². The topological polar surface area (TPSA) is 67.2 Å². The number of para-hydroxylation sites is 2. The van der Waals surface area contributed by atoms with E-state index in [4.69, 9.17) is 4.98 Å². The number of nitrogens with zero attached hydrogens (tertiary/aromatic N) is 3. The van der Waals surface area contributed by atoms with Gasteiger partial charge in [0.2, 0.25) is 11.8 Å². The third kappa shape index (κ3) is 5.28. The molecule has 7 heteroatoms. The van der Waals surface area contributed by atoms with Gasteiger partial charge in [-0.3, -0.25) is 9.59 Å². The van der Waals surface area contributed by atoms with Crippen molar-refractivity contribution in [2.75, 3.05) is 12.3 Å². The molecule has 1 atom stereocenters. The van der Waals surface area contributed by atoms with Gasteiger partial charge in [-0.15, -0.1) is 0 Å². The molecule has 3 aromatic rings. The Morgan fingerprint density at radius 3 is 2.68 bits per heavy atom. The lowest BCUT2D eigenvalue weighted by molar-refractivity contribution is -0.135. The quantitative estimate of drug-likeness (QED) is 0.572. The van der Waals surface area contributed by atoms with Gasteiger partial charge in [-0.1, -0.05) is 54.2 Å². The Morgan fingerprint density at radius 1 is 1.10 bits per heavy atom. The highest BCUT2D eigenvalue weighted by atomic mass is 32.2. The van der Waals surface area contributed by atoms with Crippen molar-refractivity contribution >= 4 is 34.6 Å². The van der Waals surface area contributed by atoms with Crippen LogP contribution in [0.3, 0.4) is 0 Å². The number of nitrogens with one attached hydrogen (secondary N) is 1. The van der Waals surface area contributed by atoms with Gasteiger partial charge in [0.05, 0.1) is 16.8 Å². The minimum absolute atomic E-state index is 0.0524. The van der Waals surface area contributed by atoms with E-state index in [-0.39, 0.29) is 30.2 Å². The fourth-order valence-electron chi connectivity index (χ4n) is 3.99. The molecular weight excluding hydrogens is 408 g/mol. The lowest BCUT2D eigenvalue weighted by atomic mass is 10.0. The molecule has 1 aliphatic rings. The van der Waals surface area contributed by atoms with Gasteiger partial charge in [-0.25, -0.2) is 4.98 Å². The van der Waals surface area contributed by atoms with Gasteiger partial charge >= 0.3 is 0 Å². The van der Waals surface area contributed by atoms with E-state index >= 15 is 0 Å². The van der Waals surface area contributed by atoms with Gasteiger partial charge in [0.15, 0.2) is 5.16 Å². The van der Waals surface area contributed by atoms with Crippen LogP contribution in [0.1, 0.15) is 31.7 Å². The van der Waals surface area contributed by atoms with Crippen molar-refractivity contribution in [1.82, 2.24) is 19.8 Å². The number of amides is 2. The van der Waals surface area contributed by atoms with Crippen molar-refractivity contribution in [2.24, 2.45) is 0 Å². The van der Waals surface area contributed by atoms with E-state index in [9.17, 15) is 9.59 Å². The summed E-state index contributed by atoms with van der Waals surface area (Å²) in [6.45, 7) is 3.69. The number of thioether (sulfide) groups is 1. The minimum atomic E-state index is -0.0524. The summed E-state index contributed by atoms with van der Waals surface area (Å²) in [7, 11) is 0. The Hall–Kier alpha value is -2.80. The van der Waals surface area contributed by atoms with Crippen LogP contribution in [0, 0.1) is 0 Å². The van der Waals surface area contributed by atoms with Crippen LogP contribution < -0.4 is 5.32 Å². The maximum atomic E-state index is 13.1. The van der Waals surface area contributed by atoms with E-state index < -0.39 is 0 Å². The highest BCUT2D eigenvalue weighted by Crippen LogP contribution is 2.25. The molecule has 1 N–H and O–H groups in total. The number of piperidine rings is 1. The normalized spacial score (nSPS) is 16.4. The smallest absolute Gasteiger partial charge is 0.242 e. The highest BCUT2D eigenvalue weighted by molar-refractivity contribution is 7.99. The first-order chi connectivity index (χ1) is 15.1. The Labute approximate surface area is 187 Å². The van der Waals surface area contributed by atoms with E-state index in [2.05, 4.69) is 12.2 Å². The number of aromatic nitrogens is 2. The van der Waals surface area contributed by atoms with Crippen LogP contribution in [0.4, 0.5) is 0 Å². The molecule has 2 amide bonds. The Bertz CT molecular complexity index is 1050. The summed E-state index contributed by atoms with van der Waals surface area (Å²) in [5.41, 5.74) is 2.83. The number of fused-ring (bicyclic) bond motifs is 1. The van der Waals surface area contributed by atoms with E-state index in [0.717, 1.165) is 36.0 Å². The monoisotopic (exact) mass is 436 g/mol. The molecule has 0 saturated carbocycles. The van der Waals surface area contributed by atoms with E-state index in [1.165, 1.54) is 18.2 Å². The van der Waals surface area contributed by atoms with Crippen molar-refractivity contribution in [2.45, 2.75) is 50.5 Å². The second kappa shape index (κ2) is 10.0. The molecule has 1 unspecified atom stereocenters. The zero-order valence-corrected chi connectivity index (χ0v) is 18.6. The molecule has 0 aliphatic carbocycles. The minimum Gasteiger partial charge on any atom is -0.351 e. The predicted octanol–water partition coefficient (Wildman–Crippen LogP) is 3.85. The van der Waals surface area contributed by atoms with Gasteiger partial charge in [-0.05, 0) is 43.9 Å². The zero-order chi connectivity index (χ0) is 21.6. The molecule has 1 aliphatic heterocycles. The number of carbonyl (C=O) groups is 2. The van der Waals surface area contributed by atoms with Crippen LogP contribution in [0.5, 0.6) is 0 Å². The molecule has 1 saturated heterocycles. The fourth-order valence-corrected chi connectivity index (χ4v) is 4.83. The van der Waals surface area contributed by atoms with Crippen molar-refractivity contribution in [3.05, 3.63) is 60.2 Å². The van der Waals surface area contributed by atoms with Gasteiger partial charge < -0.3 is 14.8 Å². The van der Waals surface area contributed by atoms with Gasteiger partial charge in [0, 0.05) is 19.1 Å². The van der Waals surface area contributed by atoms with Gasteiger partial charge in [0.1, 0.15) is 6.54 Å². The summed E-state index contributed by atoms with van der Waals surface area (Å²) >= 11 is 1.37. The first-order valence-corrected chi connectivity index (χ1v) is 11.8. The molecule has 4 rings (SSSR count). The summed E-state index contributed by atoms with van der Waals surface area (Å²) in [6, 6.07) is 17.9. The predicted molar refractivity (Wildman–Crippen MR) is 124 cm³/mol. The van der Waals surface area contributed by atoms with E-state index in [0.29, 0.717) is 11.7 Å². The van der Waals surface area contributed by atoms with E-state index in [1.54, 1.807) is 0 Å². The van der Waals surface area contributed by atoms with Crippen molar-refractivity contribution in [3.8, 4) is 0 Å². The zero-order valence-electron chi connectivity index (χ0n) is 17.8. The largest absolute Gasteiger partial charge is 0.351 e. The van der Waals surface area contributed by atoms with Crippen LogP contribution in [0.2, 0.25) is 0 Å². The van der Waals surface area contributed by atoms with E-state index in [1.807, 2.05) is 64.1 Å². The summed E-state index contributed by atoms with van der Waals surface area (Å²) in [6.07, 6.45) is 3.29. The number of imidazole rings is 1. The number of hydrogen-bond donors (Lipinski definition) is 1. The second-order valence-corrected chi connectivity index (χ2v) is 8.89. The van der Waals surface area contributed by atoms with Crippen molar-refractivity contribution in [3.63, 3.8) is 0 Å².